The Kier molecular flexibility index (Phi) is 3.78. The molecule has 5 N–H and O–H groups in total. The molecule has 1 aromatic carbocycles. The lowest BCUT2D eigenvalue weighted by molar-refractivity contribution is 0.945. The molecule has 0 bridgehead atoms. The highest BCUT2D eigenvalue weighted by Crippen LogP contribution is 2.26. The number of anilines is 2. The fraction of sp³-hybridized carbons (Fsp3) is 0.0909. The van der Waals surface area contributed by atoms with Crippen molar-refractivity contribution < 1.29 is 0 Å². The van der Waals surface area contributed by atoms with Crippen molar-refractivity contribution in [2.24, 2.45) is 0 Å². The Hall–Kier alpha value is -1.66. The van der Waals surface area contributed by atoms with Gasteiger partial charge >= 0.3 is 0 Å². The second-order valence-corrected chi connectivity index (χ2v) is 4.99. The van der Waals surface area contributed by atoms with Gasteiger partial charge in [0.15, 0.2) is 5.16 Å². The van der Waals surface area contributed by atoms with Crippen LogP contribution in [0.15, 0.2) is 34.2 Å². The summed E-state index contributed by atoms with van der Waals surface area (Å²) in [4.78, 5) is 17.8. The minimum absolute atomic E-state index is 0.194. The molecule has 18 heavy (non-hydrogen) atoms. The largest absolute Gasteiger partial charge is 0.399 e. The number of benzene rings is 1. The SMILES string of the molecule is Nc1ccc(Cl)c(CSc2nc(N)cc(=O)[nH]2)c1. The number of nitrogens with zero attached hydrogens (tertiary/aromatic N) is 1. The fourth-order valence-corrected chi connectivity index (χ4v) is 2.51. The van der Waals surface area contributed by atoms with Crippen molar-refractivity contribution in [3.05, 3.63) is 45.2 Å². The number of hydrogen-bond acceptors (Lipinski definition) is 5. The Labute approximate surface area is 113 Å². The van der Waals surface area contributed by atoms with Crippen LogP contribution in [0.1, 0.15) is 5.56 Å². The molecule has 0 radical (unpaired) electrons. The van der Waals surface area contributed by atoms with Gasteiger partial charge in [-0.25, -0.2) is 4.98 Å². The summed E-state index contributed by atoms with van der Waals surface area (Å²) in [5.74, 6) is 0.746. The first-order valence-corrected chi connectivity index (χ1v) is 6.44. The number of nitrogen functional groups attached to an aromatic ring is 2. The minimum atomic E-state index is -0.274. The summed E-state index contributed by atoms with van der Waals surface area (Å²) in [6.45, 7) is 0. The highest BCUT2D eigenvalue weighted by Gasteiger charge is 2.04. The van der Waals surface area contributed by atoms with E-state index in [-0.39, 0.29) is 11.4 Å². The molecule has 94 valence electrons. The molecule has 0 atom stereocenters. The molecule has 0 amide bonds. The van der Waals surface area contributed by atoms with Gasteiger partial charge in [0.2, 0.25) is 0 Å². The molecule has 5 nitrogen and oxygen atoms in total. The molecule has 0 fully saturated rings. The van der Waals surface area contributed by atoms with Crippen molar-refractivity contribution in [1.82, 2.24) is 9.97 Å². The van der Waals surface area contributed by atoms with Gasteiger partial charge in [0, 0.05) is 22.5 Å². The fourth-order valence-electron chi connectivity index (χ4n) is 1.37. The van der Waals surface area contributed by atoms with Crippen molar-refractivity contribution >= 4 is 34.9 Å². The van der Waals surface area contributed by atoms with E-state index < -0.39 is 0 Å². The maximum absolute atomic E-state index is 11.2. The Morgan fingerprint density at radius 2 is 2.11 bits per heavy atom. The van der Waals surface area contributed by atoms with Crippen LogP contribution in [0, 0.1) is 0 Å². The van der Waals surface area contributed by atoms with Crippen LogP contribution >= 0.6 is 23.4 Å². The van der Waals surface area contributed by atoms with Crippen LogP contribution in [0.4, 0.5) is 11.5 Å². The van der Waals surface area contributed by atoms with Crippen LogP contribution in [0.2, 0.25) is 5.02 Å². The maximum Gasteiger partial charge on any atom is 0.253 e. The molecular formula is C11H11ClN4OS. The molecule has 2 rings (SSSR count). The zero-order valence-corrected chi connectivity index (χ0v) is 10.9. The summed E-state index contributed by atoms with van der Waals surface area (Å²) in [7, 11) is 0. The third-order valence-corrected chi connectivity index (χ3v) is 3.46. The monoisotopic (exact) mass is 282 g/mol. The molecule has 0 aliphatic heterocycles. The quantitative estimate of drug-likeness (QED) is 0.454. The van der Waals surface area contributed by atoms with Crippen LogP contribution < -0.4 is 17.0 Å². The van der Waals surface area contributed by atoms with E-state index in [0.717, 1.165) is 5.56 Å². The number of aromatic nitrogens is 2. The lowest BCUT2D eigenvalue weighted by atomic mass is 10.2. The molecule has 0 spiro atoms. The first-order chi connectivity index (χ1) is 8.54. The summed E-state index contributed by atoms with van der Waals surface area (Å²) in [5.41, 5.74) is 12.4. The van der Waals surface area contributed by atoms with Gasteiger partial charge in [0.05, 0.1) is 0 Å². The summed E-state index contributed by atoms with van der Waals surface area (Å²) in [6.07, 6.45) is 0. The molecule has 2 aromatic rings. The number of nitrogens with two attached hydrogens (primary N) is 2. The summed E-state index contributed by atoms with van der Waals surface area (Å²) in [6, 6.07) is 6.50. The number of halogens is 1. The van der Waals surface area contributed by atoms with Crippen LogP contribution in [0.3, 0.4) is 0 Å². The number of H-pyrrole nitrogens is 1. The second-order valence-electron chi connectivity index (χ2n) is 3.61. The maximum atomic E-state index is 11.2. The number of hydrogen-bond donors (Lipinski definition) is 3. The van der Waals surface area contributed by atoms with Crippen LogP contribution in [0.25, 0.3) is 0 Å². The van der Waals surface area contributed by atoms with Crippen LogP contribution in [-0.4, -0.2) is 9.97 Å². The number of nitrogens with one attached hydrogen (secondary N) is 1. The predicted octanol–water partition coefficient (Wildman–Crippen LogP) is 1.88. The standard InChI is InChI=1S/C11H11ClN4OS/c12-8-2-1-7(13)3-6(8)5-18-11-15-9(14)4-10(17)16-11/h1-4H,5,13H2,(H3,14,15,16,17). The van der Waals surface area contributed by atoms with Crippen LogP contribution in [-0.2, 0) is 5.75 Å². The zero-order chi connectivity index (χ0) is 13.1. The molecule has 0 aliphatic rings. The molecule has 0 aliphatic carbocycles. The lowest BCUT2D eigenvalue weighted by Crippen LogP contribution is -2.09. The third-order valence-electron chi connectivity index (χ3n) is 2.17. The topological polar surface area (TPSA) is 97.8 Å². The lowest BCUT2D eigenvalue weighted by Gasteiger charge is -2.05. The molecular weight excluding hydrogens is 272 g/mol. The van der Waals surface area contributed by atoms with Gasteiger partial charge in [-0.1, -0.05) is 23.4 Å². The molecule has 7 heteroatoms. The Balaban J connectivity index is 2.16. The average molecular weight is 283 g/mol. The van der Waals surface area contributed by atoms with Gasteiger partial charge in [-0.15, -0.1) is 0 Å². The minimum Gasteiger partial charge on any atom is -0.399 e. The Morgan fingerprint density at radius 3 is 2.83 bits per heavy atom. The van der Waals surface area contributed by atoms with Crippen molar-refractivity contribution in [2.75, 3.05) is 11.5 Å². The zero-order valence-electron chi connectivity index (χ0n) is 9.31. The molecule has 1 aromatic heterocycles. The summed E-state index contributed by atoms with van der Waals surface area (Å²) >= 11 is 7.38. The van der Waals surface area contributed by atoms with Gasteiger partial charge < -0.3 is 16.5 Å². The number of thioether (sulfide) groups is 1. The van der Waals surface area contributed by atoms with E-state index in [1.54, 1.807) is 18.2 Å². The molecule has 0 unspecified atom stereocenters. The van der Waals surface area contributed by atoms with Gasteiger partial charge in [-0.3, -0.25) is 4.79 Å². The first-order valence-electron chi connectivity index (χ1n) is 5.08. The van der Waals surface area contributed by atoms with Gasteiger partial charge in [-0.2, -0.15) is 0 Å². The van der Waals surface area contributed by atoms with Crippen molar-refractivity contribution in [3.8, 4) is 0 Å². The third kappa shape index (κ3) is 3.18. The normalized spacial score (nSPS) is 10.5. The number of rotatable bonds is 3. The van der Waals surface area contributed by atoms with E-state index >= 15 is 0 Å². The van der Waals surface area contributed by atoms with Gasteiger partial charge in [-0.05, 0) is 23.8 Å². The first kappa shape index (κ1) is 12.8. The Morgan fingerprint density at radius 1 is 1.33 bits per heavy atom. The molecule has 1 heterocycles. The summed E-state index contributed by atoms with van der Waals surface area (Å²) < 4.78 is 0. The Bertz CT molecular complexity index is 629. The van der Waals surface area contributed by atoms with E-state index in [0.29, 0.717) is 21.6 Å². The van der Waals surface area contributed by atoms with E-state index in [1.807, 2.05) is 0 Å². The molecule has 0 saturated carbocycles. The van der Waals surface area contributed by atoms with Gasteiger partial charge in [0.1, 0.15) is 5.82 Å². The van der Waals surface area contributed by atoms with E-state index in [4.69, 9.17) is 23.1 Å². The highest BCUT2D eigenvalue weighted by molar-refractivity contribution is 7.98. The average Bonchev–Trinajstić information content (AvgIpc) is 2.29. The second kappa shape index (κ2) is 5.32. The van der Waals surface area contributed by atoms with Crippen molar-refractivity contribution in [2.45, 2.75) is 10.9 Å². The van der Waals surface area contributed by atoms with E-state index in [9.17, 15) is 4.79 Å². The van der Waals surface area contributed by atoms with Gasteiger partial charge in [0.25, 0.3) is 5.56 Å². The predicted molar refractivity (Wildman–Crippen MR) is 74.7 cm³/mol. The molecule has 0 saturated heterocycles. The number of aromatic amines is 1. The van der Waals surface area contributed by atoms with E-state index in [2.05, 4.69) is 9.97 Å². The van der Waals surface area contributed by atoms with Crippen molar-refractivity contribution in [1.29, 1.82) is 0 Å². The van der Waals surface area contributed by atoms with Crippen molar-refractivity contribution in [3.63, 3.8) is 0 Å². The van der Waals surface area contributed by atoms with Crippen LogP contribution in [0.5, 0.6) is 0 Å². The summed E-state index contributed by atoms with van der Waals surface area (Å²) in [5, 5.41) is 1.08. The highest BCUT2D eigenvalue weighted by atomic mass is 35.5. The smallest absolute Gasteiger partial charge is 0.253 e. The van der Waals surface area contributed by atoms with E-state index in [1.165, 1.54) is 17.8 Å².